The predicted molar refractivity (Wildman–Crippen MR) is 98.5 cm³/mol. The topological polar surface area (TPSA) is 87.5 Å². The summed E-state index contributed by atoms with van der Waals surface area (Å²) in [6, 6.07) is 9.29. The van der Waals surface area contributed by atoms with E-state index in [0.717, 1.165) is 35.7 Å². The van der Waals surface area contributed by atoms with Crippen LogP contribution in [-0.4, -0.2) is 50.8 Å². The summed E-state index contributed by atoms with van der Waals surface area (Å²) in [6.07, 6.45) is 1.78. The molecule has 0 spiro atoms. The van der Waals surface area contributed by atoms with Crippen LogP contribution in [0.5, 0.6) is 0 Å². The van der Waals surface area contributed by atoms with Crippen molar-refractivity contribution in [2.45, 2.75) is 39.2 Å². The highest BCUT2D eigenvalue weighted by molar-refractivity contribution is 5.92. The van der Waals surface area contributed by atoms with Crippen molar-refractivity contribution in [3.63, 3.8) is 0 Å². The van der Waals surface area contributed by atoms with Crippen LogP contribution in [0, 0.1) is 13.8 Å². The van der Waals surface area contributed by atoms with Gasteiger partial charge in [0, 0.05) is 13.0 Å². The molecule has 1 amide bonds. The van der Waals surface area contributed by atoms with Gasteiger partial charge in [-0.2, -0.15) is 5.10 Å². The number of aliphatic carboxylic acids is 1. The van der Waals surface area contributed by atoms with Crippen molar-refractivity contribution >= 4 is 17.6 Å². The molecule has 1 aromatic carbocycles. The highest BCUT2D eigenvalue weighted by atomic mass is 16.4. The summed E-state index contributed by atoms with van der Waals surface area (Å²) in [6.45, 7) is 4.97. The zero-order valence-corrected chi connectivity index (χ0v) is 15.1. The molecule has 1 saturated heterocycles. The van der Waals surface area contributed by atoms with Gasteiger partial charge >= 0.3 is 5.97 Å². The number of carbonyl (C=O) groups excluding carboxylic acids is 1. The van der Waals surface area contributed by atoms with Crippen LogP contribution in [0.3, 0.4) is 0 Å². The number of nitrogens with one attached hydrogen (secondary N) is 1. The predicted octanol–water partition coefficient (Wildman–Crippen LogP) is 2.37. The van der Waals surface area contributed by atoms with Crippen LogP contribution < -0.4 is 5.32 Å². The lowest BCUT2D eigenvalue weighted by atomic mass is 10.2. The summed E-state index contributed by atoms with van der Waals surface area (Å²) in [5.74, 6) is -0.932. The Kier molecular flexibility index (Phi) is 5.37. The van der Waals surface area contributed by atoms with Crippen molar-refractivity contribution in [1.29, 1.82) is 0 Å². The Morgan fingerprint density at radius 2 is 2.00 bits per heavy atom. The smallest absolute Gasteiger partial charge is 0.320 e. The van der Waals surface area contributed by atoms with Crippen LogP contribution in [0.1, 0.15) is 30.7 Å². The first-order valence-electron chi connectivity index (χ1n) is 8.85. The van der Waals surface area contributed by atoms with E-state index in [1.54, 1.807) is 0 Å². The number of carbonyl (C=O) groups is 2. The van der Waals surface area contributed by atoms with E-state index in [1.807, 2.05) is 53.8 Å². The lowest BCUT2D eigenvalue weighted by molar-refractivity contribution is -0.142. The van der Waals surface area contributed by atoms with Gasteiger partial charge in [0.25, 0.3) is 0 Å². The van der Waals surface area contributed by atoms with Crippen LogP contribution in [0.15, 0.2) is 30.3 Å². The average Bonchev–Trinajstić information content (AvgIpc) is 3.21. The van der Waals surface area contributed by atoms with Crippen molar-refractivity contribution < 1.29 is 14.7 Å². The number of para-hydroxylation sites is 1. The lowest BCUT2D eigenvalue weighted by Crippen LogP contribution is -2.37. The fourth-order valence-electron chi connectivity index (χ4n) is 3.46. The number of nitrogens with zero attached hydrogens (tertiary/aromatic N) is 3. The van der Waals surface area contributed by atoms with E-state index in [1.165, 1.54) is 0 Å². The van der Waals surface area contributed by atoms with E-state index in [9.17, 15) is 14.7 Å². The number of hydrogen-bond acceptors (Lipinski definition) is 4. The third-order valence-corrected chi connectivity index (χ3v) is 4.83. The number of aryl methyl sites for hydroxylation is 1. The second-order valence-corrected chi connectivity index (χ2v) is 6.62. The van der Waals surface area contributed by atoms with Gasteiger partial charge in [0.1, 0.15) is 6.04 Å². The van der Waals surface area contributed by atoms with Gasteiger partial charge in [0.15, 0.2) is 0 Å². The number of anilines is 1. The Morgan fingerprint density at radius 3 is 2.69 bits per heavy atom. The molecule has 0 bridgehead atoms. The van der Waals surface area contributed by atoms with Crippen molar-refractivity contribution in [1.82, 2.24) is 14.7 Å². The zero-order chi connectivity index (χ0) is 18.7. The van der Waals surface area contributed by atoms with Crippen molar-refractivity contribution in [2.75, 3.05) is 18.4 Å². The minimum atomic E-state index is -0.807. The summed E-state index contributed by atoms with van der Waals surface area (Å²) >= 11 is 0. The molecule has 1 aliphatic heterocycles. The van der Waals surface area contributed by atoms with E-state index in [2.05, 4.69) is 10.4 Å². The number of rotatable bonds is 6. The van der Waals surface area contributed by atoms with Gasteiger partial charge < -0.3 is 10.4 Å². The molecule has 0 radical (unpaired) electrons. The van der Waals surface area contributed by atoms with E-state index >= 15 is 0 Å². The maximum Gasteiger partial charge on any atom is 0.320 e. The highest BCUT2D eigenvalue weighted by Gasteiger charge is 2.30. The molecule has 1 aliphatic rings. The monoisotopic (exact) mass is 356 g/mol. The first kappa shape index (κ1) is 18.1. The molecule has 1 atom stereocenters. The van der Waals surface area contributed by atoms with Crippen LogP contribution in [0.2, 0.25) is 0 Å². The van der Waals surface area contributed by atoms with Crippen molar-refractivity contribution in [3.8, 4) is 5.69 Å². The minimum absolute atomic E-state index is 0.125. The number of amides is 1. The molecule has 7 heteroatoms. The van der Waals surface area contributed by atoms with Gasteiger partial charge in [0.2, 0.25) is 5.91 Å². The lowest BCUT2D eigenvalue weighted by Gasteiger charge is -2.20. The molecule has 3 rings (SSSR count). The SMILES string of the molecule is Cc1nn(-c2ccccc2)c(C)c1NC(=O)CCN1CCC[C@@H]1C(=O)O. The Bertz CT molecular complexity index is 801. The molecule has 0 aliphatic carbocycles. The molecule has 1 fully saturated rings. The van der Waals surface area contributed by atoms with Crippen LogP contribution in [-0.2, 0) is 9.59 Å². The first-order chi connectivity index (χ1) is 12.5. The third kappa shape index (κ3) is 3.77. The van der Waals surface area contributed by atoms with E-state index in [-0.39, 0.29) is 12.3 Å². The van der Waals surface area contributed by atoms with Crippen molar-refractivity contribution in [2.24, 2.45) is 0 Å². The normalized spacial score (nSPS) is 17.4. The van der Waals surface area contributed by atoms with Gasteiger partial charge in [-0.25, -0.2) is 4.68 Å². The van der Waals surface area contributed by atoms with Gasteiger partial charge in [-0.15, -0.1) is 0 Å². The molecule has 7 nitrogen and oxygen atoms in total. The standard InChI is InChI=1S/C19H24N4O3/c1-13-18(14(2)23(21-13)15-7-4-3-5-8-15)20-17(24)10-12-22-11-6-9-16(22)19(25)26/h3-5,7-8,16H,6,9-12H2,1-2H3,(H,20,24)(H,25,26)/t16-/m1/s1. The Morgan fingerprint density at radius 1 is 1.27 bits per heavy atom. The molecular weight excluding hydrogens is 332 g/mol. The first-order valence-corrected chi connectivity index (χ1v) is 8.85. The summed E-state index contributed by atoms with van der Waals surface area (Å²) in [4.78, 5) is 25.5. The van der Waals surface area contributed by atoms with Gasteiger partial charge in [-0.05, 0) is 45.4 Å². The Hall–Kier alpha value is -2.67. The highest BCUT2D eigenvalue weighted by Crippen LogP contribution is 2.23. The Balaban J connectivity index is 1.65. The van der Waals surface area contributed by atoms with E-state index in [4.69, 9.17) is 0 Å². The Labute approximate surface area is 152 Å². The number of benzene rings is 1. The van der Waals surface area contributed by atoms with Gasteiger partial charge in [-0.3, -0.25) is 14.5 Å². The fraction of sp³-hybridized carbons (Fsp3) is 0.421. The molecule has 0 unspecified atom stereocenters. The molecular formula is C19H24N4O3. The largest absolute Gasteiger partial charge is 0.480 e. The molecule has 1 aromatic heterocycles. The minimum Gasteiger partial charge on any atom is -0.480 e. The van der Waals surface area contributed by atoms with Gasteiger partial charge in [-0.1, -0.05) is 18.2 Å². The molecule has 2 aromatic rings. The molecule has 2 N–H and O–H groups in total. The van der Waals surface area contributed by atoms with Crippen LogP contribution in [0.4, 0.5) is 5.69 Å². The quantitative estimate of drug-likeness (QED) is 0.830. The summed E-state index contributed by atoms with van der Waals surface area (Å²) in [5, 5.41) is 16.7. The fourth-order valence-corrected chi connectivity index (χ4v) is 3.46. The molecule has 138 valence electrons. The zero-order valence-electron chi connectivity index (χ0n) is 15.1. The number of aromatic nitrogens is 2. The summed E-state index contributed by atoms with van der Waals surface area (Å²) in [7, 11) is 0. The van der Waals surface area contributed by atoms with Crippen LogP contribution in [0.25, 0.3) is 5.69 Å². The van der Waals surface area contributed by atoms with Crippen molar-refractivity contribution in [3.05, 3.63) is 41.7 Å². The molecule has 2 heterocycles. The number of likely N-dealkylation sites (tertiary alicyclic amines) is 1. The second-order valence-electron chi connectivity index (χ2n) is 6.62. The van der Waals surface area contributed by atoms with Crippen LogP contribution >= 0.6 is 0 Å². The molecule has 0 saturated carbocycles. The van der Waals surface area contributed by atoms with E-state index in [0.29, 0.717) is 13.0 Å². The van der Waals surface area contributed by atoms with Gasteiger partial charge in [0.05, 0.1) is 22.8 Å². The molecule has 26 heavy (non-hydrogen) atoms. The number of hydrogen-bond donors (Lipinski definition) is 2. The number of carboxylic acid groups (broad SMARTS) is 1. The number of carboxylic acids is 1. The third-order valence-electron chi connectivity index (χ3n) is 4.83. The van der Waals surface area contributed by atoms with E-state index < -0.39 is 12.0 Å². The average molecular weight is 356 g/mol. The maximum atomic E-state index is 12.4. The summed E-state index contributed by atoms with van der Waals surface area (Å²) in [5.41, 5.74) is 3.28. The second kappa shape index (κ2) is 7.70. The summed E-state index contributed by atoms with van der Waals surface area (Å²) < 4.78 is 1.81. The maximum absolute atomic E-state index is 12.4.